The molecular formula is C34H38N4O. The Labute approximate surface area is 229 Å². The van der Waals surface area contributed by atoms with E-state index < -0.39 is 0 Å². The van der Waals surface area contributed by atoms with Crippen LogP contribution in [0.1, 0.15) is 36.8 Å². The highest BCUT2D eigenvalue weighted by Crippen LogP contribution is 2.26. The van der Waals surface area contributed by atoms with Gasteiger partial charge >= 0.3 is 0 Å². The second kappa shape index (κ2) is 11.7. The van der Waals surface area contributed by atoms with Crippen molar-refractivity contribution in [3.05, 3.63) is 99.6 Å². The number of benzene rings is 4. The highest BCUT2D eigenvalue weighted by Gasteiger charge is 2.23. The van der Waals surface area contributed by atoms with Crippen molar-refractivity contribution >= 4 is 38.9 Å². The highest BCUT2D eigenvalue weighted by atomic mass is 16.1. The molecule has 0 atom stereocenters. The molecular weight excluding hydrogens is 480 g/mol. The Morgan fingerprint density at radius 1 is 0.692 bits per heavy atom. The number of H-pyrrole nitrogens is 1. The van der Waals surface area contributed by atoms with Gasteiger partial charge in [-0.25, -0.2) is 0 Å². The van der Waals surface area contributed by atoms with Crippen molar-refractivity contribution in [2.45, 2.75) is 44.8 Å². The summed E-state index contributed by atoms with van der Waals surface area (Å²) in [4.78, 5) is 17.1. The maximum atomic E-state index is 11.7. The molecule has 5 heteroatoms. The summed E-state index contributed by atoms with van der Waals surface area (Å²) >= 11 is 0. The first-order valence-electron chi connectivity index (χ1n) is 14.4. The van der Waals surface area contributed by atoms with E-state index in [0.717, 1.165) is 40.7 Å². The van der Waals surface area contributed by atoms with Crippen LogP contribution >= 0.6 is 0 Å². The van der Waals surface area contributed by atoms with Crippen LogP contribution in [-0.2, 0) is 13.1 Å². The molecule has 3 heterocycles. The predicted molar refractivity (Wildman–Crippen MR) is 164 cm³/mol. The van der Waals surface area contributed by atoms with E-state index in [4.69, 9.17) is 0 Å². The first-order chi connectivity index (χ1) is 19.2. The largest absolute Gasteiger partial charge is 0.322 e. The van der Waals surface area contributed by atoms with E-state index in [0.29, 0.717) is 5.35 Å². The third kappa shape index (κ3) is 5.48. The van der Waals surface area contributed by atoms with Crippen LogP contribution in [0.4, 0.5) is 0 Å². The molecule has 0 amide bonds. The van der Waals surface area contributed by atoms with E-state index in [9.17, 15) is 4.79 Å². The number of aromatic nitrogens is 1. The summed E-state index contributed by atoms with van der Waals surface area (Å²) in [6, 6.07) is 25.7. The zero-order valence-corrected chi connectivity index (χ0v) is 22.6. The lowest BCUT2D eigenvalue weighted by Gasteiger charge is -2.32. The van der Waals surface area contributed by atoms with E-state index in [2.05, 4.69) is 63.5 Å². The number of pyridine rings is 1. The van der Waals surface area contributed by atoms with Crippen molar-refractivity contribution in [1.29, 1.82) is 0 Å². The standard InChI is InChI=1S/C13H9NO.C12H11N.C9H18N2/c1-8-10-6-2-4-9-5-3-7-11(12(9)10)13(15)14-8;1-3-9-4-2-6-11-8-13-7-10(5-1)12(9)11;1-2-4-9(3-1)11-7-5-10-6-8-11/h2-7H,1H2,(H,14,15);1-6,13H,7-8H2;9-10H,1-8H2. The number of aromatic amines is 1. The van der Waals surface area contributed by atoms with Crippen LogP contribution in [0.2, 0.25) is 0 Å². The van der Waals surface area contributed by atoms with Crippen LogP contribution in [0.5, 0.6) is 0 Å². The van der Waals surface area contributed by atoms with Gasteiger partial charge in [-0.05, 0) is 46.2 Å². The Morgan fingerprint density at radius 2 is 1.26 bits per heavy atom. The van der Waals surface area contributed by atoms with E-state index in [1.165, 1.54) is 73.8 Å². The third-order valence-electron chi connectivity index (χ3n) is 8.44. The summed E-state index contributed by atoms with van der Waals surface area (Å²) < 4.78 is 0. The number of rotatable bonds is 1. The fourth-order valence-electron chi connectivity index (χ4n) is 6.50. The fourth-order valence-corrected chi connectivity index (χ4v) is 6.50. The summed E-state index contributed by atoms with van der Waals surface area (Å²) in [5.74, 6) is 0. The van der Waals surface area contributed by atoms with Gasteiger partial charge in [-0.2, -0.15) is 0 Å². The summed E-state index contributed by atoms with van der Waals surface area (Å²) in [5, 5.41) is 14.2. The molecule has 5 nitrogen and oxygen atoms in total. The summed E-state index contributed by atoms with van der Waals surface area (Å²) in [6.07, 6.45) is 5.85. The molecule has 1 aliphatic carbocycles. The normalized spacial score (nSPS) is 17.5. The average molecular weight is 519 g/mol. The average Bonchev–Trinajstić information content (AvgIpc) is 3.53. The molecule has 3 aliphatic rings. The quantitative estimate of drug-likeness (QED) is 0.289. The van der Waals surface area contributed by atoms with Crippen molar-refractivity contribution in [3.8, 4) is 0 Å². The molecule has 0 unspecified atom stereocenters. The van der Waals surface area contributed by atoms with Gasteiger partial charge in [0.1, 0.15) is 0 Å². The number of hydrogen-bond acceptors (Lipinski definition) is 4. The molecule has 0 spiro atoms. The van der Waals surface area contributed by atoms with Crippen molar-refractivity contribution < 1.29 is 0 Å². The maximum Gasteiger partial charge on any atom is 0.256 e. The van der Waals surface area contributed by atoms with E-state index in [1.807, 2.05) is 36.4 Å². The first-order valence-corrected chi connectivity index (χ1v) is 14.4. The Hall–Kier alpha value is -3.51. The second-order valence-corrected chi connectivity index (χ2v) is 10.9. The topological polar surface area (TPSA) is 60.2 Å². The molecule has 1 saturated carbocycles. The Balaban J connectivity index is 0.000000108. The number of hydrogen-bond donors (Lipinski definition) is 3. The summed E-state index contributed by atoms with van der Waals surface area (Å²) in [7, 11) is 0. The number of nitrogens with zero attached hydrogens (tertiary/aromatic N) is 1. The van der Waals surface area contributed by atoms with E-state index in [-0.39, 0.29) is 5.56 Å². The Bertz CT molecular complexity index is 1580. The Kier molecular flexibility index (Phi) is 7.73. The molecule has 8 rings (SSSR count). The zero-order chi connectivity index (χ0) is 26.6. The lowest BCUT2D eigenvalue weighted by atomic mass is 9.96. The Morgan fingerprint density at radius 3 is 1.90 bits per heavy atom. The molecule has 200 valence electrons. The number of nitrogens with one attached hydrogen (secondary N) is 3. The predicted octanol–water partition coefficient (Wildman–Crippen LogP) is 5.09. The van der Waals surface area contributed by atoms with E-state index >= 15 is 0 Å². The van der Waals surface area contributed by atoms with Gasteiger partial charge < -0.3 is 15.6 Å². The van der Waals surface area contributed by atoms with Crippen molar-refractivity contribution in [3.63, 3.8) is 0 Å². The van der Waals surface area contributed by atoms with E-state index in [1.54, 1.807) is 0 Å². The molecule has 2 aliphatic heterocycles. The zero-order valence-electron chi connectivity index (χ0n) is 22.6. The SMILES string of the molecule is C1CCC(N2CCNCC2)C1.C=c1[nH]c(=O)c2cccc3cccc1c32.c1cc2c3c(cccc3c1)CNC2. The molecule has 39 heavy (non-hydrogen) atoms. The van der Waals surface area contributed by atoms with Gasteiger partial charge in [-0.15, -0.1) is 0 Å². The summed E-state index contributed by atoms with van der Waals surface area (Å²) in [6.45, 7) is 10.8. The third-order valence-corrected chi connectivity index (χ3v) is 8.44. The molecule has 5 aromatic rings. The first kappa shape index (κ1) is 25.8. The van der Waals surface area contributed by atoms with Gasteiger partial charge in [0.05, 0.1) is 0 Å². The summed E-state index contributed by atoms with van der Waals surface area (Å²) in [5.41, 5.74) is 2.79. The molecule has 1 saturated heterocycles. The van der Waals surface area contributed by atoms with Crippen LogP contribution in [-0.4, -0.2) is 42.1 Å². The van der Waals surface area contributed by atoms with Crippen LogP contribution in [0.25, 0.3) is 38.9 Å². The van der Waals surface area contributed by atoms with Gasteiger partial charge in [0.25, 0.3) is 5.56 Å². The lowest BCUT2D eigenvalue weighted by molar-refractivity contribution is 0.175. The van der Waals surface area contributed by atoms with Crippen LogP contribution < -0.4 is 21.5 Å². The second-order valence-electron chi connectivity index (χ2n) is 10.9. The maximum absolute atomic E-state index is 11.7. The van der Waals surface area contributed by atoms with Crippen LogP contribution in [0, 0.1) is 0 Å². The number of piperazine rings is 1. The van der Waals surface area contributed by atoms with Gasteiger partial charge in [0.2, 0.25) is 0 Å². The van der Waals surface area contributed by atoms with Crippen molar-refractivity contribution in [1.82, 2.24) is 20.5 Å². The van der Waals surface area contributed by atoms with Crippen molar-refractivity contribution in [2.24, 2.45) is 0 Å². The monoisotopic (exact) mass is 518 g/mol. The van der Waals surface area contributed by atoms with Gasteiger partial charge in [0, 0.05) is 66.8 Å². The molecule has 0 radical (unpaired) electrons. The van der Waals surface area contributed by atoms with Crippen molar-refractivity contribution in [2.75, 3.05) is 26.2 Å². The minimum Gasteiger partial charge on any atom is -0.322 e. The van der Waals surface area contributed by atoms with Crippen LogP contribution in [0.15, 0.2) is 77.6 Å². The minimum atomic E-state index is -0.0655. The highest BCUT2D eigenvalue weighted by molar-refractivity contribution is 6.09. The molecule has 3 N–H and O–H groups in total. The smallest absolute Gasteiger partial charge is 0.256 e. The molecule has 4 aromatic carbocycles. The van der Waals surface area contributed by atoms with Gasteiger partial charge in [0.15, 0.2) is 0 Å². The molecule has 1 aromatic heterocycles. The van der Waals surface area contributed by atoms with Gasteiger partial charge in [-0.1, -0.05) is 86.2 Å². The fraction of sp³-hybridized carbons (Fsp3) is 0.324. The lowest BCUT2D eigenvalue weighted by Crippen LogP contribution is -2.47. The molecule has 0 bridgehead atoms. The van der Waals surface area contributed by atoms with Crippen LogP contribution in [0.3, 0.4) is 0 Å². The van der Waals surface area contributed by atoms with Gasteiger partial charge in [-0.3, -0.25) is 9.69 Å². The molecule has 2 fully saturated rings. The minimum absolute atomic E-state index is 0.0655.